The fourth-order valence-electron chi connectivity index (χ4n) is 7.05. The molecule has 0 saturated carbocycles. The third-order valence-electron chi connectivity index (χ3n) is 8.99. The smallest absolute Gasteiger partial charge is 0.0548 e. The molecule has 1 atom stereocenters. The molecule has 9 rings (SSSR count). The van der Waals surface area contributed by atoms with Gasteiger partial charge in [-0.15, -0.1) is 0 Å². The van der Waals surface area contributed by atoms with Gasteiger partial charge in [0.2, 0.25) is 0 Å². The predicted octanol–water partition coefficient (Wildman–Crippen LogP) is 10.6. The van der Waals surface area contributed by atoms with Crippen molar-refractivity contribution in [3.8, 4) is 5.69 Å². The first kappa shape index (κ1) is 23.4. The zero-order valence-corrected chi connectivity index (χ0v) is 23.1. The van der Waals surface area contributed by atoms with Gasteiger partial charge in [0.1, 0.15) is 0 Å². The summed E-state index contributed by atoms with van der Waals surface area (Å²) >= 11 is 0. The average molecular weight is 537 g/mol. The normalized spacial score (nSPS) is 15.3. The topological polar surface area (TPSA) is 9.86 Å². The molecule has 2 heterocycles. The Morgan fingerprint density at radius 3 is 1.86 bits per heavy atom. The summed E-state index contributed by atoms with van der Waals surface area (Å²) < 4.78 is 4.91. The van der Waals surface area contributed by atoms with Gasteiger partial charge in [0, 0.05) is 38.8 Å². The van der Waals surface area contributed by atoms with Gasteiger partial charge < -0.3 is 9.13 Å². The van der Waals surface area contributed by atoms with E-state index < -0.39 is 0 Å². The summed E-state index contributed by atoms with van der Waals surface area (Å²) in [4.78, 5) is 0. The van der Waals surface area contributed by atoms with Crippen molar-refractivity contribution in [1.29, 1.82) is 0 Å². The number of nitrogens with zero attached hydrogens (tertiary/aromatic N) is 2. The molecule has 0 fully saturated rings. The van der Waals surface area contributed by atoms with Crippen LogP contribution in [0.5, 0.6) is 0 Å². The van der Waals surface area contributed by atoms with E-state index in [-0.39, 0.29) is 0 Å². The molecule has 1 aliphatic carbocycles. The van der Waals surface area contributed by atoms with Crippen LogP contribution in [0.25, 0.3) is 65.8 Å². The Morgan fingerprint density at radius 1 is 0.476 bits per heavy atom. The lowest BCUT2D eigenvalue weighted by Gasteiger charge is -2.19. The highest BCUT2D eigenvalue weighted by Crippen LogP contribution is 2.41. The summed E-state index contributed by atoms with van der Waals surface area (Å²) in [7, 11) is 0. The third kappa shape index (κ3) is 3.45. The molecule has 0 amide bonds. The van der Waals surface area contributed by atoms with Crippen LogP contribution < -0.4 is 0 Å². The van der Waals surface area contributed by atoms with Crippen molar-refractivity contribution in [1.82, 2.24) is 9.13 Å². The van der Waals surface area contributed by atoms with Crippen LogP contribution in [-0.2, 0) is 0 Å². The highest BCUT2D eigenvalue weighted by molar-refractivity contribution is 6.19. The quantitative estimate of drug-likeness (QED) is 0.213. The second kappa shape index (κ2) is 9.09. The van der Waals surface area contributed by atoms with Crippen LogP contribution in [0.1, 0.15) is 17.9 Å². The number of hydrogen-bond donors (Lipinski definition) is 0. The Balaban J connectivity index is 1.35. The van der Waals surface area contributed by atoms with Gasteiger partial charge in [-0.1, -0.05) is 109 Å². The number of benzene rings is 6. The minimum atomic E-state index is 0.362. The second-order valence-corrected chi connectivity index (χ2v) is 11.4. The summed E-state index contributed by atoms with van der Waals surface area (Å²) in [6, 6.07) is 48.8. The van der Waals surface area contributed by atoms with Gasteiger partial charge in [0.05, 0.1) is 22.1 Å². The van der Waals surface area contributed by atoms with E-state index in [0.717, 1.165) is 6.42 Å². The molecule has 1 aliphatic rings. The van der Waals surface area contributed by atoms with Gasteiger partial charge in [-0.05, 0) is 65.2 Å². The summed E-state index contributed by atoms with van der Waals surface area (Å²) in [6.45, 7) is 0. The first-order chi connectivity index (χ1) is 20.8. The van der Waals surface area contributed by atoms with E-state index in [1.165, 1.54) is 71.3 Å². The van der Waals surface area contributed by atoms with Gasteiger partial charge in [0.15, 0.2) is 0 Å². The number of aromatic nitrogens is 2. The maximum absolute atomic E-state index is 2.47. The summed E-state index contributed by atoms with van der Waals surface area (Å²) in [5, 5.41) is 7.61. The molecule has 0 spiro atoms. The van der Waals surface area contributed by atoms with Gasteiger partial charge in [0.25, 0.3) is 0 Å². The Morgan fingerprint density at radius 2 is 1.10 bits per heavy atom. The molecule has 0 saturated heterocycles. The van der Waals surface area contributed by atoms with E-state index in [2.05, 4.69) is 161 Å². The number of para-hydroxylation sites is 2. The van der Waals surface area contributed by atoms with Gasteiger partial charge >= 0.3 is 0 Å². The average Bonchev–Trinajstić information content (AvgIpc) is 3.56. The molecule has 198 valence electrons. The maximum Gasteiger partial charge on any atom is 0.0548 e. The Bertz CT molecular complexity index is 2380. The lowest BCUT2D eigenvalue weighted by Crippen LogP contribution is -2.03. The molecule has 2 aromatic heterocycles. The first-order valence-electron chi connectivity index (χ1n) is 14.7. The fraction of sp³-hybridized carbons (Fsp3) is 0.0500. The second-order valence-electron chi connectivity index (χ2n) is 11.4. The Hall–Kier alpha value is -5.34. The molecular weight excluding hydrogens is 508 g/mol. The maximum atomic E-state index is 2.47. The SMILES string of the molecule is C1=CC(n2c3ccccc3c3cc4c(cc32)c2ccccc2n4-c2ccc3ccccc3c2)=CC(c2ccccc2)C1. The Kier molecular flexibility index (Phi) is 5.06. The molecule has 8 aromatic rings. The van der Waals surface area contributed by atoms with Crippen LogP contribution in [0.15, 0.2) is 152 Å². The highest BCUT2D eigenvalue weighted by Gasteiger charge is 2.20. The number of rotatable bonds is 3. The number of hydrogen-bond acceptors (Lipinski definition) is 0. The van der Waals surface area contributed by atoms with E-state index in [4.69, 9.17) is 0 Å². The molecule has 2 heteroatoms. The Labute approximate surface area is 244 Å². The van der Waals surface area contributed by atoms with Crippen LogP contribution in [0, 0.1) is 0 Å². The summed E-state index contributed by atoms with van der Waals surface area (Å²) in [6.07, 6.45) is 8.10. The number of fused-ring (bicyclic) bond motifs is 7. The monoisotopic (exact) mass is 536 g/mol. The zero-order chi connectivity index (χ0) is 27.6. The minimum Gasteiger partial charge on any atom is -0.310 e. The molecule has 1 unspecified atom stereocenters. The van der Waals surface area contributed by atoms with E-state index in [1.807, 2.05) is 0 Å². The fourth-order valence-corrected chi connectivity index (χ4v) is 7.05. The van der Waals surface area contributed by atoms with Crippen molar-refractivity contribution in [2.45, 2.75) is 12.3 Å². The lowest BCUT2D eigenvalue weighted by molar-refractivity contribution is 0.849. The van der Waals surface area contributed by atoms with E-state index in [9.17, 15) is 0 Å². The highest BCUT2D eigenvalue weighted by atomic mass is 15.0. The molecular formula is C40H28N2. The van der Waals surface area contributed by atoms with Gasteiger partial charge in [-0.2, -0.15) is 0 Å². The molecule has 0 N–H and O–H groups in total. The van der Waals surface area contributed by atoms with Crippen LogP contribution >= 0.6 is 0 Å². The standard InChI is InChI=1S/C40H28N2/c1-2-11-27(12-3-1)30-15-10-16-31(23-30)41-37-19-8-6-17-33(37)35-26-40-36(25-39(35)41)34-18-7-9-20-38(34)42(40)32-22-21-28-13-4-5-14-29(28)24-32/h1-14,16-26,30H,15H2. The van der Waals surface area contributed by atoms with Crippen LogP contribution in [0.2, 0.25) is 0 Å². The van der Waals surface area contributed by atoms with E-state index in [1.54, 1.807) is 0 Å². The first-order valence-corrected chi connectivity index (χ1v) is 14.7. The van der Waals surface area contributed by atoms with Crippen LogP contribution in [0.3, 0.4) is 0 Å². The van der Waals surface area contributed by atoms with Crippen molar-refractivity contribution < 1.29 is 0 Å². The summed E-state index contributed by atoms with van der Waals surface area (Å²) in [5.41, 5.74) is 8.73. The molecule has 2 nitrogen and oxygen atoms in total. The third-order valence-corrected chi connectivity index (χ3v) is 8.99. The van der Waals surface area contributed by atoms with Gasteiger partial charge in [-0.25, -0.2) is 0 Å². The minimum absolute atomic E-state index is 0.362. The summed E-state index contributed by atoms with van der Waals surface area (Å²) in [5.74, 6) is 0.362. The zero-order valence-electron chi connectivity index (χ0n) is 23.1. The van der Waals surface area contributed by atoms with Gasteiger partial charge in [-0.3, -0.25) is 0 Å². The molecule has 42 heavy (non-hydrogen) atoms. The molecule has 6 aromatic carbocycles. The lowest BCUT2D eigenvalue weighted by atomic mass is 9.91. The van der Waals surface area contributed by atoms with Crippen molar-refractivity contribution in [2.24, 2.45) is 0 Å². The predicted molar refractivity (Wildman–Crippen MR) is 179 cm³/mol. The van der Waals surface area contributed by atoms with E-state index >= 15 is 0 Å². The largest absolute Gasteiger partial charge is 0.310 e. The van der Waals surface area contributed by atoms with Crippen molar-refractivity contribution in [2.75, 3.05) is 0 Å². The molecule has 0 radical (unpaired) electrons. The van der Waals surface area contributed by atoms with Crippen LogP contribution in [-0.4, -0.2) is 9.13 Å². The molecule has 0 aliphatic heterocycles. The van der Waals surface area contributed by atoms with Crippen molar-refractivity contribution in [3.63, 3.8) is 0 Å². The number of allylic oxidation sites excluding steroid dienone is 4. The van der Waals surface area contributed by atoms with Crippen molar-refractivity contribution >= 4 is 60.1 Å². The van der Waals surface area contributed by atoms with Crippen molar-refractivity contribution in [3.05, 3.63) is 157 Å². The molecule has 0 bridgehead atoms. The van der Waals surface area contributed by atoms with E-state index in [0.29, 0.717) is 5.92 Å². The van der Waals surface area contributed by atoms with Crippen LogP contribution in [0.4, 0.5) is 0 Å².